The Morgan fingerprint density at radius 2 is 1.87 bits per heavy atom. The highest BCUT2D eigenvalue weighted by atomic mass is 16.4. The minimum atomic E-state index is -1.02. The van der Waals surface area contributed by atoms with Crippen LogP contribution in [0.5, 0.6) is 0 Å². The van der Waals surface area contributed by atoms with Gasteiger partial charge < -0.3 is 10.0 Å². The third-order valence-corrected chi connectivity index (χ3v) is 3.82. The molecule has 0 bridgehead atoms. The number of likely N-dealkylation sites (tertiary alicyclic amines) is 1. The molecular formula is C16H15N3O4. The van der Waals surface area contributed by atoms with Crippen LogP contribution in [0.1, 0.15) is 23.3 Å². The van der Waals surface area contributed by atoms with Gasteiger partial charge in [-0.3, -0.25) is 9.59 Å². The van der Waals surface area contributed by atoms with E-state index in [2.05, 4.69) is 5.10 Å². The van der Waals surface area contributed by atoms with Gasteiger partial charge >= 0.3 is 5.97 Å². The molecule has 1 fully saturated rings. The van der Waals surface area contributed by atoms with E-state index in [0.29, 0.717) is 25.1 Å². The molecule has 1 aliphatic rings. The Morgan fingerprint density at radius 1 is 1.13 bits per heavy atom. The number of aromatic nitrogens is 2. The average molecular weight is 313 g/mol. The first-order valence-corrected chi connectivity index (χ1v) is 7.27. The van der Waals surface area contributed by atoms with Crippen LogP contribution < -0.4 is 5.56 Å². The van der Waals surface area contributed by atoms with Crippen LogP contribution in [-0.2, 0) is 4.79 Å². The van der Waals surface area contributed by atoms with Gasteiger partial charge in [0.2, 0.25) is 0 Å². The zero-order valence-corrected chi connectivity index (χ0v) is 12.3. The van der Waals surface area contributed by atoms with Gasteiger partial charge in [0.1, 0.15) is 11.7 Å². The number of benzene rings is 1. The predicted octanol–water partition coefficient (Wildman–Crippen LogP) is 0.922. The van der Waals surface area contributed by atoms with Crippen molar-refractivity contribution in [1.29, 1.82) is 0 Å². The second kappa shape index (κ2) is 6.04. The van der Waals surface area contributed by atoms with E-state index in [0.717, 1.165) is 4.68 Å². The topological polar surface area (TPSA) is 92.5 Å². The lowest BCUT2D eigenvalue weighted by Crippen LogP contribution is -2.41. The van der Waals surface area contributed by atoms with Crippen LogP contribution in [0.15, 0.2) is 47.3 Å². The lowest BCUT2D eigenvalue weighted by molar-refractivity contribution is -0.141. The molecule has 1 saturated heterocycles. The van der Waals surface area contributed by atoms with Gasteiger partial charge in [-0.15, -0.1) is 0 Å². The first-order valence-electron chi connectivity index (χ1n) is 7.27. The SMILES string of the molecule is O=C(O)[C@@H]1CCCN1C(=O)c1ccc(=O)n(-c2ccccc2)n1. The minimum Gasteiger partial charge on any atom is -0.480 e. The summed E-state index contributed by atoms with van der Waals surface area (Å²) in [5.41, 5.74) is 0.244. The summed E-state index contributed by atoms with van der Waals surface area (Å²) in [5, 5.41) is 13.3. The Hall–Kier alpha value is -2.96. The Kier molecular flexibility index (Phi) is 3.92. The van der Waals surface area contributed by atoms with Crippen molar-refractivity contribution in [2.75, 3.05) is 6.54 Å². The van der Waals surface area contributed by atoms with E-state index in [1.165, 1.54) is 17.0 Å². The van der Waals surface area contributed by atoms with Crippen LogP contribution in [0.25, 0.3) is 5.69 Å². The van der Waals surface area contributed by atoms with Crippen LogP contribution in [0.2, 0.25) is 0 Å². The van der Waals surface area contributed by atoms with Gasteiger partial charge in [0.15, 0.2) is 0 Å². The van der Waals surface area contributed by atoms with E-state index in [1.54, 1.807) is 24.3 Å². The number of hydrogen-bond donors (Lipinski definition) is 1. The maximum atomic E-state index is 12.5. The van der Waals surface area contributed by atoms with Gasteiger partial charge in [0, 0.05) is 12.6 Å². The van der Waals surface area contributed by atoms with Crippen molar-refractivity contribution >= 4 is 11.9 Å². The Balaban J connectivity index is 1.96. The molecule has 2 aromatic rings. The summed E-state index contributed by atoms with van der Waals surface area (Å²) < 4.78 is 1.14. The highest BCUT2D eigenvalue weighted by Gasteiger charge is 2.35. The average Bonchev–Trinajstić information content (AvgIpc) is 3.05. The minimum absolute atomic E-state index is 0.0570. The summed E-state index contributed by atoms with van der Waals surface area (Å²) in [6.45, 7) is 0.377. The van der Waals surface area contributed by atoms with Crippen LogP contribution in [0.4, 0.5) is 0 Å². The van der Waals surface area contributed by atoms with E-state index in [4.69, 9.17) is 0 Å². The Morgan fingerprint density at radius 3 is 2.57 bits per heavy atom. The fourth-order valence-electron chi connectivity index (χ4n) is 2.69. The molecule has 1 aromatic heterocycles. The zero-order valence-electron chi connectivity index (χ0n) is 12.3. The van der Waals surface area contributed by atoms with Crippen LogP contribution in [0, 0.1) is 0 Å². The molecule has 2 heterocycles. The van der Waals surface area contributed by atoms with Crippen molar-refractivity contribution in [1.82, 2.24) is 14.7 Å². The van der Waals surface area contributed by atoms with E-state index in [1.807, 2.05) is 6.07 Å². The highest BCUT2D eigenvalue weighted by Crippen LogP contribution is 2.19. The molecule has 0 radical (unpaired) electrons. The molecule has 1 atom stereocenters. The maximum Gasteiger partial charge on any atom is 0.326 e. The first-order chi connectivity index (χ1) is 11.1. The van der Waals surface area contributed by atoms with Crippen molar-refractivity contribution in [3.05, 3.63) is 58.5 Å². The van der Waals surface area contributed by atoms with Crippen LogP contribution in [0.3, 0.4) is 0 Å². The molecule has 0 saturated carbocycles. The number of nitrogens with zero attached hydrogens (tertiary/aromatic N) is 3. The normalized spacial score (nSPS) is 17.2. The molecule has 23 heavy (non-hydrogen) atoms. The van der Waals surface area contributed by atoms with Crippen molar-refractivity contribution in [3.63, 3.8) is 0 Å². The summed E-state index contributed by atoms with van der Waals surface area (Å²) in [6.07, 6.45) is 1.07. The molecule has 0 spiro atoms. The fraction of sp³-hybridized carbons (Fsp3) is 0.250. The molecule has 1 aliphatic heterocycles. The molecule has 3 rings (SSSR count). The number of amides is 1. The number of carbonyl (C=O) groups excluding carboxylic acids is 1. The van der Waals surface area contributed by atoms with Gasteiger partial charge in [-0.25, -0.2) is 4.79 Å². The predicted molar refractivity (Wildman–Crippen MR) is 81.5 cm³/mol. The Bertz CT molecular complexity index is 800. The standard InChI is InChI=1S/C16H15N3O4/c20-14-9-8-12(17-19(14)11-5-2-1-3-6-11)15(21)18-10-4-7-13(18)16(22)23/h1-3,5-6,8-9,13H,4,7,10H2,(H,22,23)/t13-/m0/s1. The largest absolute Gasteiger partial charge is 0.480 e. The second-order valence-corrected chi connectivity index (χ2v) is 5.30. The van der Waals surface area contributed by atoms with E-state index >= 15 is 0 Å². The molecule has 7 nitrogen and oxygen atoms in total. The van der Waals surface area contributed by atoms with Gasteiger partial charge in [-0.05, 0) is 31.0 Å². The maximum absolute atomic E-state index is 12.5. The molecule has 1 N–H and O–H groups in total. The number of carboxylic acids is 1. The summed E-state index contributed by atoms with van der Waals surface area (Å²) in [6, 6.07) is 10.5. The summed E-state index contributed by atoms with van der Waals surface area (Å²) in [7, 11) is 0. The number of hydrogen-bond acceptors (Lipinski definition) is 4. The molecule has 1 amide bonds. The van der Waals surface area contributed by atoms with Crippen molar-refractivity contribution in [2.45, 2.75) is 18.9 Å². The third-order valence-electron chi connectivity index (χ3n) is 3.82. The second-order valence-electron chi connectivity index (χ2n) is 5.30. The summed E-state index contributed by atoms with van der Waals surface area (Å²) in [4.78, 5) is 37.0. The van der Waals surface area contributed by atoms with Gasteiger partial charge in [-0.2, -0.15) is 9.78 Å². The number of rotatable bonds is 3. The Labute approximate surface area is 131 Å². The van der Waals surface area contributed by atoms with Gasteiger partial charge in [-0.1, -0.05) is 18.2 Å². The summed E-state index contributed by atoms with van der Waals surface area (Å²) in [5.74, 6) is -1.49. The zero-order chi connectivity index (χ0) is 16.4. The molecule has 1 aromatic carbocycles. The fourth-order valence-corrected chi connectivity index (χ4v) is 2.69. The lowest BCUT2D eigenvalue weighted by atomic mass is 10.2. The molecule has 118 valence electrons. The van der Waals surface area contributed by atoms with E-state index < -0.39 is 17.9 Å². The summed E-state index contributed by atoms with van der Waals surface area (Å²) >= 11 is 0. The molecule has 0 aliphatic carbocycles. The monoisotopic (exact) mass is 313 g/mol. The number of carboxylic acid groups (broad SMARTS) is 1. The van der Waals surface area contributed by atoms with Crippen molar-refractivity contribution < 1.29 is 14.7 Å². The first kappa shape index (κ1) is 15.0. The lowest BCUT2D eigenvalue weighted by Gasteiger charge is -2.21. The van der Waals surface area contributed by atoms with Crippen LogP contribution >= 0.6 is 0 Å². The van der Waals surface area contributed by atoms with E-state index in [-0.39, 0.29) is 11.3 Å². The molecule has 0 unspecified atom stereocenters. The third kappa shape index (κ3) is 2.85. The van der Waals surface area contributed by atoms with Crippen LogP contribution in [-0.4, -0.2) is 44.3 Å². The highest BCUT2D eigenvalue weighted by molar-refractivity contribution is 5.95. The molecule has 7 heteroatoms. The van der Waals surface area contributed by atoms with Gasteiger partial charge in [0.25, 0.3) is 11.5 Å². The van der Waals surface area contributed by atoms with Crippen molar-refractivity contribution in [3.8, 4) is 5.69 Å². The molecular weight excluding hydrogens is 298 g/mol. The number of aliphatic carboxylic acids is 1. The van der Waals surface area contributed by atoms with Gasteiger partial charge in [0.05, 0.1) is 5.69 Å². The smallest absolute Gasteiger partial charge is 0.326 e. The van der Waals surface area contributed by atoms with E-state index in [9.17, 15) is 19.5 Å². The number of carbonyl (C=O) groups is 2. The quantitative estimate of drug-likeness (QED) is 0.909. The number of para-hydroxylation sites is 1. The van der Waals surface area contributed by atoms with Crippen molar-refractivity contribution in [2.24, 2.45) is 0 Å².